The van der Waals surface area contributed by atoms with Crippen molar-refractivity contribution in [1.29, 1.82) is 0 Å². The fraction of sp³-hybridized carbons (Fsp3) is 0.867. The average Bonchev–Trinajstić information content (AvgIpc) is 2.39. The predicted molar refractivity (Wildman–Crippen MR) is 82.3 cm³/mol. The summed E-state index contributed by atoms with van der Waals surface area (Å²) >= 11 is 0. The molecule has 6 heteroatoms. The van der Waals surface area contributed by atoms with Gasteiger partial charge in [0.15, 0.2) is 0 Å². The van der Waals surface area contributed by atoms with Crippen LogP contribution in [0.2, 0.25) is 0 Å². The van der Waals surface area contributed by atoms with Crippen molar-refractivity contribution in [3.8, 4) is 0 Å². The largest absolute Gasteiger partial charge is 0.481 e. The molecule has 0 aromatic rings. The quantitative estimate of drug-likeness (QED) is 0.837. The van der Waals surface area contributed by atoms with E-state index in [1.54, 1.807) is 11.8 Å². The second kappa shape index (κ2) is 7.11. The Hall–Kier alpha value is -1.30. The second-order valence-corrected chi connectivity index (χ2v) is 6.53. The summed E-state index contributed by atoms with van der Waals surface area (Å²) in [5.41, 5.74) is -0.691. The van der Waals surface area contributed by atoms with Gasteiger partial charge in [0.05, 0.1) is 5.41 Å². The average molecular weight is 299 g/mol. The molecule has 0 aliphatic carbocycles. The van der Waals surface area contributed by atoms with Crippen molar-refractivity contribution >= 4 is 12.0 Å². The Morgan fingerprint density at radius 1 is 1.29 bits per heavy atom. The standard InChI is InChI=1S/C15H29N3O3/c1-6-18(12(2)11-16(4)5)14(21)17-9-7-15(3,8-10-17)13(19)20/h12H,6-11H2,1-5H3,(H,19,20). The number of hydrogen-bond donors (Lipinski definition) is 1. The van der Waals surface area contributed by atoms with Crippen LogP contribution in [0.15, 0.2) is 0 Å². The van der Waals surface area contributed by atoms with E-state index in [4.69, 9.17) is 0 Å². The molecule has 1 rings (SSSR count). The SMILES string of the molecule is CCN(C(=O)N1CCC(C)(C(=O)O)CC1)C(C)CN(C)C. The van der Waals surface area contributed by atoms with Crippen molar-refractivity contribution in [2.24, 2.45) is 5.41 Å². The molecule has 1 aliphatic rings. The van der Waals surface area contributed by atoms with Gasteiger partial charge in [0.1, 0.15) is 0 Å². The normalized spacial score (nSPS) is 19.4. The fourth-order valence-electron chi connectivity index (χ4n) is 2.85. The number of carboxylic acid groups (broad SMARTS) is 1. The fourth-order valence-corrected chi connectivity index (χ4v) is 2.85. The van der Waals surface area contributed by atoms with Crippen LogP contribution in [-0.4, -0.2) is 78.1 Å². The van der Waals surface area contributed by atoms with Crippen molar-refractivity contribution in [2.45, 2.75) is 39.7 Å². The first-order valence-corrected chi connectivity index (χ1v) is 7.65. The highest BCUT2D eigenvalue weighted by Crippen LogP contribution is 2.31. The number of likely N-dealkylation sites (N-methyl/N-ethyl adjacent to an activating group) is 2. The minimum atomic E-state index is -0.761. The van der Waals surface area contributed by atoms with Gasteiger partial charge in [-0.15, -0.1) is 0 Å². The number of rotatable bonds is 5. The maximum atomic E-state index is 12.6. The van der Waals surface area contributed by atoms with Gasteiger partial charge < -0.3 is 19.8 Å². The first-order valence-electron chi connectivity index (χ1n) is 7.65. The van der Waals surface area contributed by atoms with Crippen LogP contribution in [0, 0.1) is 5.41 Å². The number of aliphatic carboxylic acids is 1. The van der Waals surface area contributed by atoms with E-state index in [0.717, 1.165) is 6.54 Å². The van der Waals surface area contributed by atoms with Crippen molar-refractivity contribution in [2.75, 3.05) is 40.3 Å². The number of carbonyl (C=O) groups is 2. The highest BCUT2D eigenvalue weighted by atomic mass is 16.4. The number of hydrogen-bond acceptors (Lipinski definition) is 3. The number of likely N-dealkylation sites (tertiary alicyclic amines) is 1. The molecule has 1 N–H and O–H groups in total. The molecule has 1 heterocycles. The predicted octanol–water partition coefficient (Wildman–Crippen LogP) is 1.57. The molecule has 2 amide bonds. The van der Waals surface area contributed by atoms with Crippen LogP contribution >= 0.6 is 0 Å². The molecule has 0 aromatic carbocycles. The summed E-state index contributed by atoms with van der Waals surface area (Å²) in [5.74, 6) is -0.761. The molecule has 1 saturated heterocycles. The topological polar surface area (TPSA) is 64.1 Å². The molecule has 0 aromatic heterocycles. The highest BCUT2D eigenvalue weighted by molar-refractivity contribution is 5.77. The summed E-state index contributed by atoms with van der Waals surface area (Å²) in [4.78, 5) is 29.6. The summed E-state index contributed by atoms with van der Waals surface area (Å²) in [6.07, 6.45) is 1.04. The molecule has 1 aliphatic heterocycles. The molecule has 0 bridgehead atoms. The Morgan fingerprint density at radius 2 is 1.81 bits per heavy atom. The third-order valence-corrected chi connectivity index (χ3v) is 4.40. The van der Waals surface area contributed by atoms with Crippen LogP contribution in [0.4, 0.5) is 4.79 Å². The van der Waals surface area contributed by atoms with E-state index in [1.165, 1.54) is 0 Å². The van der Waals surface area contributed by atoms with E-state index in [-0.39, 0.29) is 12.1 Å². The van der Waals surface area contributed by atoms with Crippen LogP contribution in [0.5, 0.6) is 0 Å². The van der Waals surface area contributed by atoms with Crippen molar-refractivity contribution in [1.82, 2.24) is 14.7 Å². The minimum absolute atomic E-state index is 0.0271. The number of nitrogens with zero attached hydrogens (tertiary/aromatic N) is 3. The second-order valence-electron chi connectivity index (χ2n) is 6.53. The Kier molecular flexibility index (Phi) is 6.01. The zero-order chi connectivity index (χ0) is 16.2. The van der Waals surface area contributed by atoms with E-state index in [1.807, 2.05) is 32.8 Å². The van der Waals surface area contributed by atoms with E-state index in [0.29, 0.717) is 32.5 Å². The first-order chi connectivity index (χ1) is 9.71. The molecule has 1 unspecified atom stereocenters. The van der Waals surface area contributed by atoms with Gasteiger partial charge in [0.25, 0.3) is 0 Å². The molecule has 21 heavy (non-hydrogen) atoms. The lowest BCUT2D eigenvalue weighted by Gasteiger charge is -2.40. The summed E-state index contributed by atoms with van der Waals surface area (Å²) in [6, 6.07) is 0.171. The van der Waals surface area contributed by atoms with Gasteiger partial charge in [0.2, 0.25) is 0 Å². The summed E-state index contributed by atoms with van der Waals surface area (Å²) in [6.45, 7) is 8.33. The van der Waals surface area contributed by atoms with E-state index < -0.39 is 11.4 Å². The number of amides is 2. The molecule has 0 spiro atoms. The van der Waals surface area contributed by atoms with Gasteiger partial charge in [-0.25, -0.2) is 4.79 Å². The lowest BCUT2D eigenvalue weighted by atomic mass is 9.80. The summed E-state index contributed by atoms with van der Waals surface area (Å²) in [5, 5.41) is 9.25. The molecule has 122 valence electrons. The van der Waals surface area contributed by atoms with Crippen LogP contribution in [0.1, 0.15) is 33.6 Å². The van der Waals surface area contributed by atoms with Crippen molar-refractivity contribution in [3.05, 3.63) is 0 Å². The minimum Gasteiger partial charge on any atom is -0.481 e. The molecule has 0 saturated carbocycles. The lowest BCUT2D eigenvalue weighted by molar-refractivity contribution is -0.150. The maximum absolute atomic E-state index is 12.6. The molecular weight excluding hydrogens is 270 g/mol. The number of carbonyl (C=O) groups excluding carboxylic acids is 1. The number of urea groups is 1. The third-order valence-electron chi connectivity index (χ3n) is 4.40. The van der Waals surface area contributed by atoms with E-state index >= 15 is 0 Å². The Balaban J connectivity index is 2.65. The van der Waals surface area contributed by atoms with Crippen LogP contribution in [-0.2, 0) is 4.79 Å². The highest BCUT2D eigenvalue weighted by Gasteiger charge is 2.39. The van der Waals surface area contributed by atoms with Crippen LogP contribution in [0.25, 0.3) is 0 Å². The van der Waals surface area contributed by atoms with Gasteiger partial charge >= 0.3 is 12.0 Å². The van der Waals surface area contributed by atoms with Crippen molar-refractivity contribution in [3.63, 3.8) is 0 Å². The van der Waals surface area contributed by atoms with Crippen molar-refractivity contribution < 1.29 is 14.7 Å². The number of carboxylic acids is 1. The zero-order valence-electron chi connectivity index (χ0n) is 13.9. The van der Waals surface area contributed by atoms with Gasteiger partial charge in [0, 0.05) is 32.2 Å². The van der Waals surface area contributed by atoms with Crippen LogP contribution < -0.4 is 0 Å². The Labute approximate surface area is 127 Å². The molecule has 6 nitrogen and oxygen atoms in total. The summed E-state index contributed by atoms with van der Waals surface area (Å²) < 4.78 is 0. The van der Waals surface area contributed by atoms with Gasteiger partial charge in [-0.1, -0.05) is 0 Å². The monoisotopic (exact) mass is 299 g/mol. The zero-order valence-corrected chi connectivity index (χ0v) is 13.9. The Morgan fingerprint density at radius 3 is 2.19 bits per heavy atom. The molecule has 1 fully saturated rings. The maximum Gasteiger partial charge on any atom is 0.320 e. The third kappa shape index (κ3) is 4.33. The van der Waals surface area contributed by atoms with E-state index in [9.17, 15) is 14.7 Å². The van der Waals surface area contributed by atoms with Gasteiger partial charge in [-0.3, -0.25) is 4.79 Å². The smallest absolute Gasteiger partial charge is 0.320 e. The molecule has 0 radical (unpaired) electrons. The number of piperidine rings is 1. The van der Waals surface area contributed by atoms with E-state index in [2.05, 4.69) is 4.90 Å². The van der Waals surface area contributed by atoms with Crippen LogP contribution in [0.3, 0.4) is 0 Å². The van der Waals surface area contributed by atoms with Gasteiger partial charge in [-0.2, -0.15) is 0 Å². The first kappa shape index (κ1) is 17.8. The summed E-state index contributed by atoms with van der Waals surface area (Å²) in [7, 11) is 3.99. The lowest BCUT2D eigenvalue weighted by Crippen LogP contribution is -2.53. The molecular formula is C15H29N3O3. The van der Waals surface area contributed by atoms with Gasteiger partial charge in [-0.05, 0) is 47.7 Å². The molecule has 1 atom stereocenters. The Bertz CT molecular complexity index is 376.